The molecule has 4 heteroatoms. The zero-order chi connectivity index (χ0) is 12.6. The molecule has 1 aromatic rings. The van der Waals surface area contributed by atoms with E-state index in [4.69, 9.17) is 15.2 Å². The lowest BCUT2D eigenvalue weighted by atomic mass is 9.73. The molecule has 0 bridgehead atoms. The number of nitrogens with two attached hydrogens (primary N) is 1. The van der Waals surface area contributed by atoms with Crippen LogP contribution in [0, 0.1) is 0 Å². The van der Waals surface area contributed by atoms with Crippen LogP contribution >= 0.6 is 11.8 Å². The molecule has 0 aromatic heterocycles. The summed E-state index contributed by atoms with van der Waals surface area (Å²) in [5, 5.41) is 0. The van der Waals surface area contributed by atoms with Gasteiger partial charge in [-0.2, -0.15) is 11.8 Å². The predicted octanol–water partition coefficient (Wildman–Crippen LogP) is 2.53. The maximum atomic E-state index is 6.36. The number of ether oxygens (including phenoxy) is 2. The molecule has 2 N–H and O–H groups in total. The van der Waals surface area contributed by atoms with Gasteiger partial charge in [-0.3, -0.25) is 0 Å². The number of rotatable bonds is 4. The average molecular weight is 265 g/mol. The summed E-state index contributed by atoms with van der Waals surface area (Å²) in [6, 6.07) is 6.12. The van der Waals surface area contributed by atoms with Crippen molar-refractivity contribution in [3.8, 4) is 11.5 Å². The van der Waals surface area contributed by atoms with Gasteiger partial charge in [-0.1, -0.05) is 6.07 Å². The van der Waals surface area contributed by atoms with Gasteiger partial charge in [0.2, 0.25) is 0 Å². The summed E-state index contributed by atoms with van der Waals surface area (Å²) in [6.07, 6.45) is 3.68. The molecule has 0 spiro atoms. The van der Waals surface area contributed by atoms with Gasteiger partial charge in [0.1, 0.15) is 6.10 Å². The number of thioether (sulfide) groups is 1. The van der Waals surface area contributed by atoms with Crippen LogP contribution in [0.15, 0.2) is 18.2 Å². The van der Waals surface area contributed by atoms with Crippen molar-refractivity contribution in [2.45, 2.75) is 30.9 Å². The molecule has 0 amide bonds. The molecule has 1 aliphatic carbocycles. The van der Waals surface area contributed by atoms with Crippen LogP contribution in [-0.2, 0) is 5.54 Å². The van der Waals surface area contributed by atoms with Crippen molar-refractivity contribution in [2.75, 3.05) is 18.6 Å². The van der Waals surface area contributed by atoms with Gasteiger partial charge in [-0.25, -0.2) is 0 Å². The summed E-state index contributed by atoms with van der Waals surface area (Å²) < 4.78 is 11.3. The largest absolute Gasteiger partial charge is 0.493 e. The third-order valence-corrected chi connectivity index (χ3v) is 5.10. The molecule has 1 heterocycles. The fraction of sp³-hybridized carbons (Fsp3) is 0.571. The van der Waals surface area contributed by atoms with E-state index in [-0.39, 0.29) is 5.54 Å². The Balaban J connectivity index is 1.85. The highest BCUT2D eigenvalue weighted by Gasteiger charge is 2.35. The van der Waals surface area contributed by atoms with Crippen LogP contribution in [0.25, 0.3) is 0 Å². The second-order valence-electron chi connectivity index (χ2n) is 5.15. The van der Waals surface area contributed by atoms with Crippen LogP contribution in [0.4, 0.5) is 0 Å². The third-order valence-electron chi connectivity index (χ3n) is 3.89. The van der Waals surface area contributed by atoms with Crippen LogP contribution in [-0.4, -0.2) is 24.7 Å². The first-order chi connectivity index (χ1) is 8.71. The molecule has 3 rings (SSSR count). The lowest BCUT2D eigenvalue weighted by molar-refractivity contribution is 0.223. The van der Waals surface area contributed by atoms with Gasteiger partial charge in [-0.05, 0) is 37.0 Å². The minimum absolute atomic E-state index is 0.140. The molecule has 2 fully saturated rings. The molecular formula is C14H19NO2S. The Bertz CT molecular complexity index is 441. The van der Waals surface area contributed by atoms with E-state index < -0.39 is 0 Å². The van der Waals surface area contributed by atoms with E-state index in [0.29, 0.717) is 6.10 Å². The maximum Gasteiger partial charge on any atom is 0.162 e. The smallest absolute Gasteiger partial charge is 0.162 e. The van der Waals surface area contributed by atoms with E-state index in [1.165, 1.54) is 12.0 Å². The normalized spacial score (nSPS) is 21.9. The molecule has 98 valence electrons. The Morgan fingerprint density at radius 2 is 2.06 bits per heavy atom. The molecule has 18 heavy (non-hydrogen) atoms. The highest BCUT2D eigenvalue weighted by Crippen LogP contribution is 2.42. The van der Waals surface area contributed by atoms with E-state index in [0.717, 1.165) is 35.8 Å². The van der Waals surface area contributed by atoms with E-state index in [1.807, 2.05) is 17.8 Å². The van der Waals surface area contributed by atoms with Crippen molar-refractivity contribution in [2.24, 2.45) is 5.73 Å². The molecule has 1 saturated heterocycles. The Morgan fingerprint density at radius 1 is 1.28 bits per heavy atom. The van der Waals surface area contributed by atoms with Crippen molar-refractivity contribution in [3.05, 3.63) is 23.8 Å². The monoisotopic (exact) mass is 265 g/mol. The van der Waals surface area contributed by atoms with Crippen molar-refractivity contribution in [3.63, 3.8) is 0 Å². The molecule has 0 atom stereocenters. The Morgan fingerprint density at radius 3 is 2.56 bits per heavy atom. The molecule has 2 aliphatic rings. The van der Waals surface area contributed by atoms with Gasteiger partial charge >= 0.3 is 0 Å². The number of methoxy groups -OCH3 is 1. The van der Waals surface area contributed by atoms with Crippen LogP contribution in [0.5, 0.6) is 11.5 Å². The second-order valence-corrected chi connectivity index (χ2v) is 6.23. The number of hydrogen-bond acceptors (Lipinski definition) is 4. The zero-order valence-electron chi connectivity index (χ0n) is 10.6. The summed E-state index contributed by atoms with van der Waals surface area (Å²) in [7, 11) is 1.68. The van der Waals surface area contributed by atoms with Crippen LogP contribution in [0.3, 0.4) is 0 Å². The molecule has 0 radical (unpaired) electrons. The van der Waals surface area contributed by atoms with Crippen LogP contribution in [0.1, 0.15) is 24.8 Å². The van der Waals surface area contributed by atoms with Gasteiger partial charge in [-0.15, -0.1) is 0 Å². The van der Waals surface area contributed by atoms with Crippen molar-refractivity contribution >= 4 is 11.8 Å². The van der Waals surface area contributed by atoms with Gasteiger partial charge in [0.15, 0.2) is 11.5 Å². The quantitative estimate of drug-likeness (QED) is 0.908. The average Bonchev–Trinajstić information content (AvgIpc) is 2.30. The Kier molecular flexibility index (Phi) is 3.16. The predicted molar refractivity (Wildman–Crippen MR) is 74.5 cm³/mol. The SMILES string of the molecule is COc1ccc(C2(N)CCC2)cc1OC1CSC1. The standard InChI is InChI=1S/C14H19NO2S/c1-16-12-4-3-10(14(15)5-2-6-14)7-13(12)17-11-8-18-9-11/h3-4,7,11H,2,5-6,8-9,15H2,1H3. The first kappa shape index (κ1) is 12.2. The molecule has 0 unspecified atom stereocenters. The molecule has 1 aromatic carbocycles. The topological polar surface area (TPSA) is 44.5 Å². The second kappa shape index (κ2) is 4.67. The summed E-state index contributed by atoms with van der Waals surface area (Å²) >= 11 is 1.91. The number of benzene rings is 1. The fourth-order valence-electron chi connectivity index (χ4n) is 2.39. The van der Waals surface area contributed by atoms with E-state index in [2.05, 4.69) is 12.1 Å². The molecular weight excluding hydrogens is 246 g/mol. The highest BCUT2D eigenvalue weighted by atomic mass is 32.2. The third kappa shape index (κ3) is 2.08. The first-order valence-electron chi connectivity index (χ1n) is 6.43. The van der Waals surface area contributed by atoms with E-state index in [1.54, 1.807) is 7.11 Å². The fourth-order valence-corrected chi connectivity index (χ4v) is 2.95. The summed E-state index contributed by atoms with van der Waals surface area (Å²) in [4.78, 5) is 0. The number of hydrogen-bond donors (Lipinski definition) is 1. The molecule has 3 nitrogen and oxygen atoms in total. The zero-order valence-corrected chi connectivity index (χ0v) is 11.5. The summed E-state index contributed by atoms with van der Waals surface area (Å²) in [6.45, 7) is 0. The Hall–Kier alpha value is -0.870. The Labute approximate surface area is 112 Å². The van der Waals surface area contributed by atoms with Crippen molar-refractivity contribution < 1.29 is 9.47 Å². The summed E-state index contributed by atoms with van der Waals surface area (Å²) in [5.41, 5.74) is 7.40. The summed E-state index contributed by atoms with van der Waals surface area (Å²) in [5.74, 6) is 3.79. The maximum absolute atomic E-state index is 6.36. The lowest BCUT2D eigenvalue weighted by Gasteiger charge is -2.39. The van der Waals surface area contributed by atoms with Gasteiger partial charge in [0.05, 0.1) is 7.11 Å². The van der Waals surface area contributed by atoms with E-state index >= 15 is 0 Å². The lowest BCUT2D eigenvalue weighted by Crippen LogP contribution is -2.43. The van der Waals surface area contributed by atoms with Crippen molar-refractivity contribution in [1.29, 1.82) is 0 Å². The van der Waals surface area contributed by atoms with Gasteiger partial charge in [0, 0.05) is 17.0 Å². The van der Waals surface area contributed by atoms with Gasteiger partial charge < -0.3 is 15.2 Å². The van der Waals surface area contributed by atoms with Crippen LogP contribution in [0.2, 0.25) is 0 Å². The minimum Gasteiger partial charge on any atom is -0.493 e. The van der Waals surface area contributed by atoms with Gasteiger partial charge in [0.25, 0.3) is 0 Å². The minimum atomic E-state index is -0.140. The molecule has 1 saturated carbocycles. The highest BCUT2D eigenvalue weighted by molar-refractivity contribution is 8.00. The van der Waals surface area contributed by atoms with Crippen LogP contribution < -0.4 is 15.2 Å². The van der Waals surface area contributed by atoms with Crippen molar-refractivity contribution in [1.82, 2.24) is 0 Å². The molecule has 1 aliphatic heterocycles. The van der Waals surface area contributed by atoms with E-state index in [9.17, 15) is 0 Å². The first-order valence-corrected chi connectivity index (χ1v) is 7.58.